The minimum Gasteiger partial charge on any atom is -0.493 e. The van der Waals surface area contributed by atoms with Gasteiger partial charge >= 0.3 is 0 Å². The highest BCUT2D eigenvalue weighted by atomic mass is 16.5. The van der Waals surface area contributed by atoms with Gasteiger partial charge in [-0.05, 0) is 36.8 Å². The molecule has 0 aromatic heterocycles. The van der Waals surface area contributed by atoms with Gasteiger partial charge in [0.2, 0.25) is 0 Å². The van der Waals surface area contributed by atoms with Crippen LogP contribution in [0.1, 0.15) is 46.9 Å². The lowest BCUT2D eigenvalue weighted by Gasteiger charge is -2.13. The summed E-state index contributed by atoms with van der Waals surface area (Å²) in [5.74, 6) is 0.202. The van der Waals surface area contributed by atoms with Gasteiger partial charge < -0.3 is 15.0 Å². The molecular formula is C21H26N2O3. The Kier molecular flexibility index (Phi) is 7.21. The normalized spacial score (nSPS) is 10.3. The number of carbonyl (C=O) groups excluding carboxylic acids is 2. The summed E-state index contributed by atoms with van der Waals surface area (Å²) in [5.41, 5.74) is 1.58. The van der Waals surface area contributed by atoms with E-state index in [0.29, 0.717) is 29.2 Å². The number of hydrogen-bond donors (Lipinski definition) is 1. The summed E-state index contributed by atoms with van der Waals surface area (Å²) in [7, 11) is 3.39. The Labute approximate surface area is 155 Å². The first-order chi connectivity index (χ1) is 12.5. The molecule has 0 atom stereocenters. The van der Waals surface area contributed by atoms with Crippen LogP contribution in [-0.4, -0.2) is 37.4 Å². The third-order valence-corrected chi connectivity index (χ3v) is 3.91. The molecular weight excluding hydrogens is 328 g/mol. The number of anilines is 1. The molecule has 2 rings (SSSR count). The first-order valence-corrected chi connectivity index (χ1v) is 8.87. The summed E-state index contributed by atoms with van der Waals surface area (Å²) < 4.78 is 5.77. The van der Waals surface area contributed by atoms with Crippen LogP contribution in [0.4, 0.5) is 5.69 Å². The van der Waals surface area contributed by atoms with E-state index in [0.717, 1.165) is 19.3 Å². The van der Waals surface area contributed by atoms with E-state index in [1.807, 2.05) is 6.07 Å². The highest BCUT2D eigenvalue weighted by Gasteiger charge is 2.14. The van der Waals surface area contributed by atoms with Crippen molar-refractivity contribution < 1.29 is 14.3 Å². The molecule has 0 fully saturated rings. The summed E-state index contributed by atoms with van der Waals surface area (Å²) in [6.45, 7) is 2.72. The molecule has 2 aromatic rings. The zero-order valence-corrected chi connectivity index (χ0v) is 15.6. The molecule has 2 aromatic carbocycles. The second-order valence-electron chi connectivity index (χ2n) is 6.29. The number of nitrogens with one attached hydrogen (secondary N) is 1. The highest BCUT2D eigenvalue weighted by Crippen LogP contribution is 2.21. The van der Waals surface area contributed by atoms with Crippen LogP contribution in [0.25, 0.3) is 0 Å². The van der Waals surface area contributed by atoms with Crippen LogP contribution in [0.5, 0.6) is 5.75 Å². The van der Waals surface area contributed by atoms with Crippen molar-refractivity contribution in [2.45, 2.75) is 26.2 Å². The van der Waals surface area contributed by atoms with Gasteiger partial charge in [-0.15, -0.1) is 0 Å². The van der Waals surface area contributed by atoms with E-state index in [1.54, 1.807) is 56.6 Å². The van der Waals surface area contributed by atoms with E-state index >= 15 is 0 Å². The van der Waals surface area contributed by atoms with Gasteiger partial charge in [-0.25, -0.2) is 0 Å². The highest BCUT2D eigenvalue weighted by molar-refractivity contribution is 6.06. The van der Waals surface area contributed by atoms with Crippen molar-refractivity contribution in [1.29, 1.82) is 0 Å². The number of ether oxygens (including phenoxy) is 1. The van der Waals surface area contributed by atoms with E-state index in [9.17, 15) is 9.59 Å². The maximum absolute atomic E-state index is 12.7. The maximum Gasteiger partial charge on any atom is 0.259 e. The molecule has 0 aliphatic carbocycles. The zero-order chi connectivity index (χ0) is 18.9. The van der Waals surface area contributed by atoms with Gasteiger partial charge in [-0.3, -0.25) is 9.59 Å². The molecule has 0 radical (unpaired) electrons. The molecule has 0 saturated carbocycles. The van der Waals surface area contributed by atoms with Gasteiger partial charge in [0.15, 0.2) is 0 Å². The monoisotopic (exact) mass is 354 g/mol. The lowest BCUT2D eigenvalue weighted by molar-refractivity contribution is 0.0827. The summed E-state index contributed by atoms with van der Waals surface area (Å²) in [4.78, 5) is 26.2. The Bertz CT molecular complexity index is 756. The van der Waals surface area contributed by atoms with Gasteiger partial charge in [0, 0.05) is 25.3 Å². The van der Waals surface area contributed by atoms with Crippen molar-refractivity contribution in [1.82, 2.24) is 4.90 Å². The fourth-order valence-electron chi connectivity index (χ4n) is 2.50. The molecule has 0 unspecified atom stereocenters. The first-order valence-electron chi connectivity index (χ1n) is 8.87. The van der Waals surface area contributed by atoms with Crippen molar-refractivity contribution in [3.63, 3.8) is 0 Å². The predicted molar refractivity (Wildman–Crippen MR) is 104 cm³/mol. The van der Waals surface area contributed by atoms with Crippen LogP contribution >= 0.6 is 0 Å². The van der Waals surface area contributed by atoms with E-state index < -0.39 is 0 Å². The molecule has 138 valence electrons. The Morgan fingerprint density at radius 3 is 2.54 bits per heavy atom. The average molecular weight is 354 g/mol. The molecule has 0 heterocycles. The zero-order valence-electron chi connectivity index (χ0n) is 15.6. The van der Waals surface area contributed by atoms with Gasteiger partial charge in [0.25, 0.3) is 11.8 Å². The smallest absolute Gasteiger partial charge is 0.259 e. The molecule has 0 aliphatic rings. The van der Waals surface area contributed by atoms with Crippen LogP contribution in [0.2, 0.25) is 0 Å². The van der Waals surface area contributed by atoms with Crippen molar-refractivity contribution >= 4 is 17.5 Å². The second kappa shape index (κ2) is 9.61. The lowest BCUT2D eigenvalue weighted by atomic mass is 10.1. The Morgan fingerprint density at radius 2 is 1.81 bits per heavy atom. The molecule has 0 spiro atoms. The third kappa shape index (κ3) is 5.34. The summed E-state index contributed by atoms with van der Waals surface area (Å²) in [5, 5.41) is 2.84. The van der Waals surface area contributed by atoms with E-state index in [1.165, 1.54) is 4.90 Å². The SMILES string of the molecule is CCCCCOc1ccccc1C(=O)Nc1cccc(C(=O)N(C)C)c1. The standard InChI is InChI=1S/C21H26N2O3/c1-4-5-8-14-26-19-13-7-6-12-18(19)20(24)22-17-11-9-10-16(15-17)21(25)23(2)3/h6-7,9-13,15H,4-5,8,14H2,1-3H3,(H,22,24). The summed E-state index contributed by atoms with van der Waals surface area (Å²) in [6.07, 6.45) is 3.18. The van der Waals surface area contributed by atoms with Crippen LogP contribution in [0.3, 0.4) is 0 Å². The van der Waals surface area contributed by atoms with Crippen molar-refractivity contribution in [2.24, 2.45) is 0 Å². The van der Waals surface area contributed by atoms with E-state index in [4.69, 9.17) is 4.74 Å². The number of hydrogen-bond acceptors (Lipinski definition) is 3. The molecule has 2 amide bonds. The number of benzene rings is 2. The summed E-state index contributed by atoms with van der Waals surface area (Å²) in [6, 6.07) is 14.1. The van der Waals surface area contributed by atoms with Crippen molar-refractivity contribution in [3.05, 3.63) is 59.7 Å². The quantitative estimate of drug-likeness (QED) is 0.723. The average Bonchev–Trinajstić information content (AvgIpc) is 2.65. The van der Waals surface area contributed by atoms with Gasteiger partial charge in [-0.2, -0.15) is 0 Å². The topological polar surface area (TPSA) is 58.6 Å². The predicted octanol–water partition coefficient (Wildman–Crippen LogP) is 4.21. The number of para-hydroxylation sites is 1. The largest absolute Gasteiger partial charge is 0.493 e. The molecule has 5 heteroatoms. The van der Waals surface area contributed by atoms with Gasteiger partial charge in [0.05, 0.1) is 12.2 Å². The Balaban J connectivity index is 2.10. The molecule has 0 aliphatic heterocycles. The minimum atomic E-state index is -0.259. The van der Waals surface area contributed by atoms with Crippen LogP contribution < -0.4 is 10.1 Å². The molecule has 0 bridgehead atoms. The second-order valence-corrected chi connectivity index (χ2v) is 6.29. The molecule has 26 heavy (non-hydrogen) atoms. The first kappa shape index (κ1) is 19.5. The molecule has 1 N–H and O–H groups in total. The van der Waals surface area contributed by atoms with Crippen LogP contribution in [0, 0.1) is 0 Å². The minimum absolute atomic E-state index is 0.110. The molecule has 0 saturated heterocycles. The van der Waals surface area contributed by atoms with Gasteiger partial charge in [-0.1, -0.05) is 38.0 Å². The Hall–Kier alpha value is -2.82. The van der Waals surface area contributed by atoms with Crippen LogP contribution in [0.15, 0.2) is 48.5 Å². The number of rotatable bonds is 8. The fourth-order valence-corrected chi connectivity index (χ4v) is 2.50. The van der Waals surface area contributed by atoms with Crippen molar-refractivity contribution in [3.8, 4) is 5.75 Å². The third-order valence-electron chi connectivity index (χ3n) is 3.91. The number of carbonyl (C=O) groups is 2. The fraction of sp³-hybridized carbons (Fsp3) is 0.333. The van der Waals surface area contributed by atoms with Gasteiger partial charge in [0.1, 0.15) is 5.75 Å². The maximum atomic E-state index is 12.7. The number of unbranched alkanes of at least 4 members (excludes halogenated alkanes) is 2. The van der Waals surface area contributed by atoms with Crippen LogP contribution in [-0.2, 0) is 0 Å². The van der Waals surface area contributed by atoms with Crippen molar-refractivity contribution in [2.75, 3.05) is 26.0 Å². The number of nitrogens with zero attached hydrogens (tertiary/aromatic N) is 1. The lowest BCUT2D eigenvalue weighted by Crippen LogP contribution is -2.22. The number of amides is 2. The van der Waals surface area contributed by atoms with E-state index in [2.05, 4.69) is 12.2 Å². The summed E-state index contributed by atoms with van der Waals surface area (Å²) >= 11 is 0. The molecule has 5 nitrogen and oxygen atoms in total. The Morgan fingerprint density at radius 1 is 1.04 bits per heavy atom. The van der Waals surface area contributed by atoms with E-state index in [-0.39, 0.29) is 11.8 Å².